The molecular formula is C17H20ClNO2S. The van der Waals surface area contributed by atoms with Gasteiger partial charge in [-0.25, -0.2) is 0 Å². The SMILES string of the molecule is CCCN[S+]([O-])c1ccc(-c2c(C)cccc2OC)c(Cl)c1. The largest absolute Gasteiger partial charge is 0.593 e. The summed E-state index contributed by atoms with van der Waals surface area (Å²) in [5.74, 6) is 0.778. The van der Waals surface area contributed by atoms with Gasteiger partial charge in [-0.3, -0.25) is 0 Å². The van der Waals surface area contributed by atoms with Crippen molar-refractivity contribution in [1.82, 2.24) is 4.72 Å². The predicted octanol–water partition coefficient (Wildman–Crippen LogP) is 4.35. The molecule has 1 atom stereocenters. The van der Waals surface area contributed by atoms with Crippen molar-refractivity contribution in [2.45, 2.75) is 25.2 Å². The highest BCUT2D eigenvalue weighted by Crippen LogP contribution is 2.38. The predicted molar refractivity (Wildman–Crippen MR) is 92.9 cm³/mol. The monoisotopic (exact) mass is 337 g/mol. The molecule has 1 N–H and O–H groups in total. The van der Waals surface area contributed by atoms with Crippen LogP contribution in [0, 0.1) is 6.92 Å². The molecular weight excluding hydrogens is 318 g/mol. The van der Waals surface area contributed by atoms with Crippen LogP contribution in [0.25, 0.3) is 11.1 Å². The van der Waals surface area contributed by atoms with Crippen molar-refractivity contribution in [2.75, 3.05) is 13.7 Å². The summed E-state index contributed by atoms with van der Waals surface area (Å²) in [5, 5.41) is 0.566. The molecule has 0 aliphatic carbocycles. The molecule has 0 saturated carbocycles. The second-order valence-electron chi connectivity index (χ2n) is 4.96. The van der Waals surface area contributed by atoms with Crippen LogP contribution in [0.3, 0.4) is 0 Å². The third-order valence-electron chi connectivity index (χ3n) is 3.36. The van der Waals surface area contributed by atoms with Crippen molar-refractivity contribution in [3.8, 4) is 16.9 Å². The van der Waals surface area contributed by atoms with E-state index in [0.29, 0.717) is 16.5 Å². The fourth-order valence-corrected chi connectivity index (χ4v) is 3.56. The van der Waals surface area contributed by atoms with Gasteiger partial charge in [-0.15, -0.1) is 4.72 Å². The molecule has 2 aromatic carbocycles. The summed E-state index contributed by atoms with van der Waals surface area (Å²) in [6.07, 6.45) is 0.929. The van der Waals surface area contributed by atoms with E-state index in [-0.39, 0.29) is 0 Å². The van der Waals surface area contributed by atoms with Gasteiger partial charge >= 0.3 is 0 Å². The van der Waals surface area contributed by atoms with Crippen LogP contribution in [0.15, 0.2) is 41.3 Å². The average molecular weight is 338 g/mol. The fourth-order valence-electron chi connectivity index (χ4n) is 2.25. The van der Waals surface area contributed by atoms with Crippen LogP contribution in [-0.2, 0) is 11.4 Å². The van der Waals surface area contributed by atoms with Crippen LogP contribution in [0.5, 0.6) is 5.75 Å². The summed E-state index contributed by atoms with van der Waals surface area (Å²) in [6.45, 7) is 4.76. The van der Waals surface area contributed by atoms with Gasteiger partial charge in [0.15, 0.2) is 4.90 Å². The van der Waals surface area contributed by atoms with E-state index < -0.39 is 11.4 Å². The molecule has 0 heterocycles. The van der Waals surface area contributed by atoms with E-state index in [2.05, 4.69) is 4.72 Å². The molecule has 0 aliphatic heterocycles. The van der Waals surface area contributed by atoms with Crippen LogP contribution in [0.1, 0.15) is 18.9 Å². The highest BCUT2D eigenvalue weighted by Gasteiger charge is 2.17. The normalized spacial score (nSPS) is 12.2. The van der Waals surface area contributed by atoms with Gasteiger partial charge in [0.1, 0.15) is 5.75 Å². The molecule has 0 fully saturated rings. The van der Waals surface area contributed by atoms with Crippen molar-refractivity contribution < 1.29 is 9.29 Å². The van der Waals surface area contributed by atoms with E-state index in [1.165, 1.54) is 0 Å². The van der Waals surface area contributed by atoms with E-state index in [0.717, 1.165) is 28.9 Å². The maximum Gasteiger partial charge on any atom is 0.175 e. The van der Waals surface area contributed by atoms with Crippen molar-refractivity contribution in [1.29, 1.82) is 0 Å². The first kappa shape index (κ1) is 17.2. The summed E-state index contributed by atoms with van der Waals surface area (Å²) >= 11 is 5.19. The molecule has 0 saturated heterocycles. The lowest BCUT2D eigenvalue weighted by molar-refractivity contribution is 0.416. The van der Waals surface area contributed by atoms with Crippen LogP contribution < -0.4 is 9.46 Å². The zero-order valence-corrected chi connectivity index (χ0v) is 14.6. The molecule has 0 spiro atoms. The van der Waals surface area contributed by atoms with E-state index in [1.807, 2.05) is 44.2 Å². The van der Waals surface area contributed by atoms with Crippen molar-refractivity contribution in [3.05, 3.63) is 47.0 Å². The Morgan fingerprint density at radius 2 is 2.05 bits per heavy atom. The molecule has 0 aromatic heterocycles. The summed E-state index contributed by atoms with van der Waals surface area (Å²) in [6, 6.07) is 11.4. The quantitative estimate of drug-likeness (QED) is 0.797. The topological polar surface area (TPSA) is 44.3 Å². The summed E-state index contributed by atoms with van der Waals surface area (Å²) in [7, 11) is 1.64. The van der Waals surface area contributed by atoms with Gasteiger partial charge < -0.3 is 9.29 Å². The summed E-state index contributed by atoms with van der Waals surface area (Å²) < 4.78 is 20.5. The van der Waals surface area contributed by atoms with Crippen molar-refractivity contribution in [3.63, 3.8) is 0 Å². The Kier molecular flexibility index (Phi) is 6.15. The first-order valence-corrected chi connectivity index (χ1v) is 8.70. The fraction of sp³-hybridized carbons (Fsp3) is 0.294. The van der Waals surface area contributed by atoms with E-state index in [4.69, 9.17) is 16.3 Å². The van der Waals surface area contributed by atoms with Gasteiger partial charge in [-0.05, 0) is 37.1 Å². The molecule has 3 nitrogen and oxygen atoms in total. The number of aryl methyl sites for hydroxylation is 1. The minimum atomic E-state index is -1.24. The molecule has 2 rings (SSSR count). The summed E-state index contributed by atoms with van der Waals surface area (Å²) in [5.41, 5.74) is 2.93. The van der Waals surface area contributed by atoms with Crippen molar-refractivity contribution in [2.24, 2.45) is 0 Å². The number of hydrogen-bond donors (Lipinski definition) is 1. The molecule has 5 heteroatoms. The Morgan fingerprint density at radius 3 is 2.68 bits per heavy atom. The zero-order valence-electron chi connectivity index (χ0n) is 13.0. The number of methoxy groups -OCH3 is 1. The van der Waals surface area contributed by atoms with Crippen LogP contribution >= 0.6 is 11.6 Å². The van der Waals surface area contributed by atoms with Gasteiger partial charge in [0.05, 0.1) is 23.5 Å². The van der Waals surface area contributed by atoms with Gasteiger partial charge in [0, 0.05) is 23.7 Å². The molecule has 2 aromatic rings. The first-order chi connectivity index (χ1) is 10.6. The average Bonchev–Trinajstić information content (AvgIpc) is 2.52. The zero-order chi connectivity index (χ0) is 16.1. The van der Waals surface area contributed by atoms with Crippen molar-refractivity contribution >= 4 is 23.0 Å². The third-order valence-corrected chi connectivity index (χ3v) is 4.82. The highest BCUT2D eigenvalue weighted by atomic mass is 35.5. The molecule has 0 radical (unpaired) electrons. The number of rotatable bonds is 6. The minimum Gasteiger partial charge on any atom is -0.593 e. The van der Waals surface area contributed by atoms with Gasteiger partial charge in [0.25, 0.3) is 0 Å². The first-order valence-electron chi connectivity index (χ1n) is 7.17. The lowest BCUT2D eigenvalue weighted by Gasteiger charge is -2.15. The number of benzene rings is 2. The molecule has 118 valence electrons. The highest BCUT2D eigenvalue weighted by molar-refractivity contribution is 7.89. The third kappa shape index (κ3) is 3.76. The molecule has 1 unspecified atom stereocenters. The standard InChI is InChI=1S/C17H20ClNO2S/c1-4-10-19-22(20)13-8-9-14(15(18)11-13)17-12(2)6-5-7-16(17)21-3/h5-9,11,19H,4,10H2,1-3H3. The number of hydrogen-bond acceptors (Lipinski definition) is 3. The Hall–Kier alpha value is -1.20. The second-order valence-corrected chi connectivity index (χ2v) is 6.66. The lowest BCUT2D eigenvalue weighted by Crippen LogP contribution is -2.24. The number of ether oxygens (including phenoxy) is 1. The van der Waals surface area contributed by atoms with Crippen LogP contribution in [0.2, 0.25) is 5.02 Å². The Bertz CT molecular complexity index is 649. The van der Waals surface area contributed by atoms with E-state index in [9.17, 15) is 4.55 Å². The van der Waals surface area contributed by atoms with E-state index >= 15 is 0 Å². The van der Waals surface area contributed by atoms with Gasteiger partial charge in [-0.1, -0.05) is 30.7 Å². The number of nitrogens with one attached hydrogen (secondary N) is 1. The maximum atomic E-state index is 12.1. The molecule has 22 heavy (non-hydrogen) atoms. The second kappa shape index (κ2) is 7.88. The lowest BCUT2D eigenvalue weighted by atomic mass is 9.99. The van der Waals surface area contributed by atoms with Crippen LogP contribution in [0.4, 0.5) is 0 Å². The molecule has 0 bridgehead atoms. The minimum absolute atomic E-state index is 0.566. The Balaban J connectivity index is 2.39. The summed E-state index contributed by atoms with van der Waals surface area (Å²) in [4.78, 5) is 0.676. The molecule has 0 amide bonds. The van der Waals surface area contributed by atoms with Gasteiger partial charge in [0.2, 0.25) is 0 Å². The van der Waals surface area contributed by atoms with Gasteiger partial charge in [-0.2, -0.15) is 0 Å². The Labute approximate surface area is 140 Å². The van der Waals surface area contributed by atoms with Crippen LogP contribution in [-0.4, -0.2) is 18.2 Å². The smallest absolute Gasteiger partial charge is 0.175 e. The molecule has 0 aliphatic rings. The maximum absolute atomic E-state index is 12.1. The number of halogens is 1. The Morgan fingerprint density at radius 1 is 1.27 bits per heavy atom. The van der Waals surface area contributed by atoms with E-state index in [1.54, 1.807) is 13.2 Å².